The summed E-state index contributed by atoms with van der Waals surface area (Å²) < 4.78 is 25.7. The molecule has 0 radical (unpaired) electrons. The highest BCUT2D eigenvalue weighted by Gasteiger charge is 2.27. The molecule has 0 spiro atoms. The molecule has 0 saturated heterocycles. The van der Waals surface area contributed by atoms with Gasteiger partial charge in [-0.05, 0) is 38.5 Å². The molecule has 1 N–H and O–H groups in total. The van der Waals surface area contributed by atoms with Gasteiger partial charge in [0.15, 0.2) is 0 Å². The fraction of sp³-hybridized carbons (Fsp3) is 0.545. The Morgan fingerprint density at radius 1 is 1.32 bits per heavy atom. The molecule has 0 aliphatic rings. The monoisotopic (exact) mass is 306 g/mol. The molecule has 108 valence electrons. The van der Waals surface area contributed by atoms with Crippen LogP contribution in [0.3, 0.4) is 0 Å². The minimum atomic E-state index is -3.72. The van der Waals surface area contributed by atoms with Gasteiger partial charge in [0.2, 0.25) is 10.0 Å². The van der Waals surface area contributed by atoms with Gasteiger partial charge in [0, 0.05) is 13.6 Å². The van der Waals surface area contributed by atoms with Crippen molar-refractivity contribution < 1.29 is 18.3 Å². The quantitative estimate of drug-likeness (QED) is 0.813. The van der Waals surface area contributed by atoms with Gasteiger partial charge in [-0.25, -0.2) is 17.5 Å². The number of hydrogen-bond donors (Lipinski definition) is 1. The summed E-state index contributed by atoms with van der Waals surface area (Å²) in [6, 6.07) is 1.34. The number of carboxylic acids is 1. The molecular formula is C11H18N2O4S2. The van der Waals surface area contributed by atoms with Gasteiger partial charge in [0.25, 0.3) is 0 Å². The van der Waals surface area contributed by atoms with Crippen molar-refractivity contribution >= 4 is 27.3 Å². The molecule has 0 atom stereocenters. The molecule has 8 heteroatoms. The third kappa shape index (κ3) is 4.00. The van der Waals surface area contributed by atoms with Crippen molar-refractivity contribution in [2.24, 2.45) is 0 Å². The largest absolute Gasteiger partial charge is 0.477 e. The fourth-order valence-corrected chi connectivity index (χ4v) is 3.99. The van der Waals surface area contributed by atoms with Crippen LogP contribution in [0, 0.1) is 0 Å². The number of thiophene rings is 1. The lowest BCUT2D eigenvalue weighted by Crippen LogP contribution is -2.30. The molecule has 1 heterocycles. The minimum Gasteiger partial charge on any atom is -0.477 e. The van der Waals surface area contributed by atoms with Crippen LogP contribution in [0.2, 0.25) is 0 Å². The van der Waals surface area contributed by atoms with Crippen LogP contribution in [0.15, 0.2) is 16.3 Å². The maximum absolute atomic E-state index is 12.2. The number of aromatic carboxylic acids is 1. The Morgan fingerprint density at radius 2 is 1.95 bits per heavy atom. The van der Waals surface area contributed by atoms with Gasteiger partial charge in [-0.15, -0.1) is 11.3 Å². The fourth-order valence-electron chi connectivity index (χ4n) is 1.55. The molecule has 19 heavy (non-hydrogen) atoms. The van der Waals surface area contributed by atoms with E-state index in [1.165, 1.54) is 22.8 Å². The summed E-state index contributed by atoms with van der Waals surface area (Å²) in [4.78, 5) is 12.7. The lowest BCUT2D eigenvalue weighted by Gasteiger charge is -2.18. The van der Waals surface area contributed by atoms with Crippen molar-refractivity contribution in [3.8, 4) is 0 Å². The van der Waals surface area contributed by atoms with Crippen LogP contribution in [-0.4, -0.2) is 62.9 Å². The molecule has 6 nitrogen and oxygen atoms in total. The SMILES string of the molecule is CN(C)CCCN(C)S(=O)(=O)c1ccsc1C(=O)O. The average Bonchev–Trinajstić information content (AvgIpc) is 2.77. The topological polar surface area (TPSA) is 77.9 Å². The van der Waals surface area contributed by atoms with Crippen molar-refractivity contribution in [3.63, 3.8) is 0 Å². The molecule has 0 unspecified atom stereocenters. The summed E-state index contributed by atoms with van der Waals surface area (Å²) >= 11 is 0.917. The number of sulfonamides is 1. The van der Waals surface area contributed by atoms with E-state index in [1.54, 1.807) is 0 Å². The first-order valence-corrected chi connectivity index (χ1v) is 8.00. The summed E-state index contributed by atoms with van der Waals surface area (Å²) in [7, 11) is 1.57. The first-order chi connectivity index (χ1) is 8.76. The Labute approximate surface area is 117 Å². The Hall–Kier alpha value is -0.960. The van der Waals surface area contributed by atoms with Gasteiger partial charge >= 0.3 is 5.97 Å². The van der Waals surface area contributed by atoms with Crippen molar-refractivity contribution in [2.75, 3.05) is 34.2 Å². The number of hydrogen-bond acceptors (Lipinski definition) is 5. The normalized spacial score (nSPS) is 12.3. The average molecular weight is 306 g/mol. The Kier molecular flexibility index (Phi) is 5.48. The van der Waals surface area contributed by atoms with Crippen LogP contribution >= 0.6 is 11.3 Å². The van der Waals surface area contributed by atoms with E-state index in [1.807, 2.05) is 19.0 Å². The Bertz CT molecular complexity index is 537. The molecule has 0 aliphatic heterocycles. The zero-order valence-corrected chi connectivity index (χ0v) is 12.8. The van der Waals surface area contributed by atoms with Crippen molar-refractivity contribution in [1.82, 2.24) is 9.21 Å². The first-order valence-electron chi connectivity index (χ1n) is 5.68. The molecular weight excluding hydrogens is 288 g/mol. The predicted molar refractivity (Wildman–Crippen MR) is 74.3 cm³/mol. The van der Waals surface area contributed by atoms with Gasteiger partial charge < -0.3 is 10.0 Å². The lowest BCUT2D eigenvalue weighted by atomic mass is 10.4. The maximum Gasteiger partial charge on any atom is 0.347 e. The number of nitrogens with zero attached hydrogens (tertiary/aromatic N) is 2. The maximum atomic E-state index is 12.2. The molecule has 1 aromatic heterocycles. The highest BCUT2D eigenvalue weighted by atomic mass is 32.2. The van der Waals surface area contributed by atoms with E-state index in [9.17, 15) is 13.2 Å². The lowest BCUT2D eigenvalue weighted by molar-refractivity contribution is 0.0698. The van der Waals surface area contributed by atoms with E-state index in [2.05, 4.69) is 0 Å². The summed E-state index contributed by atoms with van der Waals surface area (Å²) in [6.45, 7) is 1.13. The molecule has 0 aromatic carbocycles. The molecule has 0 fully saturated rings. The smallest absolute Gasteiger partial charge is 0.347 e. The molecule has 0 bridgehead atoms. The van der Waals surface area contributed by atoms with Gasteiger partial charge in [-0.3, -0.25) is 0 Å². The van der Waals surface area contributed by atoms with Crippen molar-refractivity contribution in [1.29, 1.82) is 0 Å². The van der Waals surface area contributed by atoms with Crippen LogP contribution < -0.4 is 0 Å². The number of rotatable bonds is 7. The second-order valence-electron chi connectivity index (χ2n) is 4.40. The zero-order valence-electron chi connectivity index (χ0n) is 11.2. The van der Waals surface area contributed by atoms with Gasteiger partial charge in [-0.2, -0.15) is 0 Å². The second-order valence-corrected chi connectivity index (χ2v) is 7.33. The Morgan fingerprint density at radius 3 is 2.47 bits per heavy atom. The number of carbonyl (C=O) groups is 1. The summed E-state index contributed by atoms with van der Waals surface area (Å²) in [5.41, 5.74) is 0. The van der Waals surface area contributed by atoms with Crippen molar-refractivity contribution in [2.45, 2.75) is 11.3 Å². The van der Waals surface area contributed by atoms with E-state index in [4.69, 9.17) is 5.11 Å². The second kappa shape index (κ2) is 6.47. The summed E-state index contributed by atoms with van der Waals surface area (Å²) in [6.07, 6.45) is 0.690. The molecule has 0 saturated carbocycles. The third-order valence-electron chi connectivity index (χ3n) is 2.59. The zero-order chi connectivity index (χ0) is 14.6. The van der Waals surface area contributed by atoms with Crippen LogP contribution in [0.4, 0.5) is 0 Å². The highest BCUT2D eigenvalue weighted by molar-refractivity contribution is 7.89. The molecule has 1 rings (SSSR count). The van der Waals surface area contributed by atoms with Gasteiger partial charge in [0.1, 0.15) is 9.77 Å². The minimum absolute atomic E-state index is 0.127. The van der Waals surface area contributed by atoms with E-state index < -0.39 is 16.0 Å². The van der Waals surface area contributed by atoms with Crippen LogP contribution in [0.1, 0.15) is 16.1 Å². The van der Waals surface area contributed by atoms with Crippen LogP contribution in [0.25, 0.3) is 0 Å². The predicted octanol–water partition coefficient (Wildman–Crippen LogP) is 1.02. The summed E-state index contributed by atoms with van der Waals surface area (Å²) in [5, 5.41) is 10.4. The first kappa shape index (κ1) is 16.1. The van der Waals surface area contributed by atoms with Crippen LogP contribution in [0.5, 0.6) is 0 Å². The van der Waals surface area contributed by atoms with Gasteiger partial charge in [-0.1, -0.05) is 0 Å². The highest BCUT2D eigenvalue weighted by Crippen LogP contribution is 2.24. The van der Waals surface area contributed by atoms with Gasteiger partial charge in [0.05, 0.1) is 0 Å². The third-order valence-corrected chi connectivity index (χ3v) is 5.52. The molecule has 1 aromatic rings. The number of carboxylic acid groups (broad SMARTS) is 1. The van der Waals surface area contributed by atoms with E-state index in [0.717, 1.165) is 17.9 Å². The van der Waals surface area contributed by atoms with E-state index in [0.29, 0.717) is 13.0 Å². The standard InChI is InChI=1S/C11H18N2O4S2/c1-12(2)6-4-7-13(3)19(16,17)9-5-8-18-10(9)11(14)15/h5,8H,4,6-7H2,1-3H3,(H,14,15). The Balaban J connectivity index is 2.85. The van der Waals surface area contributed by atoms with E-state index >= 15 is 0 Å². The van der Waals surface area contributed by atoms with Crippen LogP contribution in [-0.2, 0) is 10.0 Å². The molecule has 0 amide bonds. The van der Waals surface area contributed by atoms with E-state index in [-0.39, 0.29) is 9.77 Å². The molecule has 0 aliphatic carbocycles. The van der Waals surface area contributed by atoms with Crippen molar-refractivity contribution in [3.05, 3.63) is 16.3 Å². The summed E-state index contributed by atoms with van der Waals surface area (Å²) in [5.74, 6) is -1.21.